The van der Waals surface area contributed by atoms with Crippen LogP contribution in [0.15, 0.2) is 54.9 Å². The van der Waals surface area contributed by atoms with E-state index in [1.165, 1.54) is 0 Å². The van der Waals surface area contributed by atoms with Crippen molar-refractivity contribution >= 4 is 11.6 Å². The van der Waals surface area contributed by atoms with E-state index in [4.69, 9.17) is 4.74 Å². The van der Waals surface area contributed by atoms with Crippen molar-refractivity contribution in [2.75, 3.05) is 11.9 Å². The molecular formula is C13H12N2O2. The first-order valence-corrected chi connectivity index (χ1v) is 5.23. The maximum atomic E-state index is 10.8. The average molecular weight is 228 g/mol. The summed E-state index contributed by atoms with van der Waals surface area (Å²) in [4.78, 5) is 14.6. The van der Waals surface area contributed by atoms with Crippen molar-refractivity contribution in [1.29, 1.82) is 0 Å². The molecule has 0 saturated heterocycles. The molecule has 0 radical (unpaired) electrons. The van der Waals surface area contributed by atoms with Crippen molar-refractivity contribution in [3.8, 4) is 5.75 Å². The Labute approximate surface area is 99.3 Å². The van der Waals surface area contributed by atoms with E-state index in [0.29, 0.717) is 0 Å². The lowest BCUT2D eigenvalue weighted by molar-refractivity contribution is -0.118. The van der Waals surface area contributed by atoms with Crippen LogP contribution in [0.4, 0.5) is 5.69 Å². The highest BCUT2D eigenvalue weighted by atomic mass is 16.5. The van der Waals surface area contributed by atoms with Crippen molar-refractivity contribution in [1.82, 2.24) is 4.98 Å². The minimum absolute atomic E-state index is 0.0938. The van der Waals surface area contributed by atoms with Gasteiger partial charge in [0.05, 0.1) is 5.69 Å². The number of amides is 1. The normalized spacial score (nSPS) is 12.4. The average Bonchev–Trinajstić information content (AvgIpc) is 2.41. The van der Waals surface area contributed by atoms with Crippen molar-refractivity contribution in [3.05, 3.63) is 54.9 Å². The van der Waals surface area contributed by atoms with Gasteiger partial charge in [-0.3, -0.25) is 9.78 Å². The SMILES string of the molecule is O=C1COc2ccccc2N1.c1ccncc1. The molecule has 0 spiro atoms. The number of ether oxygens (including phenoxy) is 1. The van der Waals surface area contributed by atoms with Crippen molar-refractivity contribution in [2.45, 2.75) is 0 Å². The number of anilines is 1. The van der Waals surface area contributed by atoms with Gasteiger partial charge in [0.2, 0.25) is 0 Å². The molecule has 2 aromatic rings. The Morgan fingerprint density at radius 1 is 1.06 bits per heavy atom. The number of pyridine rings is 1. The second-order valence-electron chi connectivity index (χ2n) is 3.36. The summed E-state index contributed by atoms with van der Waals surface area (Å²) in [6, 6.07) is 13.1. The Morgan fingerprint density at radius 2 is 1.82 bits per heavy atom. The van der Waals surface area contributed by atoms with E-state index < -0.39 is 0 Å². The highest BCUT2D eigenvalue weighted by molar-refractivity contribution is 5.95. The Balaban J connectivity index is 0.000000153. The predicted molar refractivity (Wildman–Crippen MR) is 64.8 cm³/mol. The van der Waals surface area contributed by atoms with Gasteiger partial charge in [-0.2, -0.15) is 0 Å². The summed E-state index contributed by atoms with van der Waals surface area (Å²) in [6.07, 6.45) is 3.50. The second-order valence-corrected chi connectivity index (χ2v) is 3.36. The molecule has 0 atom stereocenters. The zero-order valence-electron chi connectivity index (χ0n) is 9.17. The molecule has 86 valence electrons. The summed E-state index contributed by atoms with van der Waals surface area (Å²) in [5.74, 6) is 0.649. The number of carbonyl (C=O) groups excluding carboxylic acids is 1. The number of hydrogen-bond acceptors (Lipinski definition) is 3. The lowest BCUT2D eigenvalue weighted by Crippen LogP contribution is -2.25. The molecule has 4 nitrogen and oxygen atoms in total. The van der Waals surface area contributed by atoms with Gasteiger partial charge in [-0.25, -0.2) is 0 Å². The molecule has 0 saturated carbocycles. The molecule has 1 aliphatic heterocycles. The molecule has 0 fully saturated rings. The number of carbonyl (C=O) groups is 1. The van der Waals surface area contributed by atoms with E-state index >= 15 is 0 Å². The number of nitrogens with zero attached hydrogens (tertiary/aromatic N) is 1. The summed E-state index contributed by atoms with van der Waals surface area (Å²) >= 11 is 0. The molecule has 1 N–H and O–H groups in total. The largest absolute Gasteiger partial charge is 0.482 e. The van der Waals surface area contributed by atoms with Gasteiger partial charge in [0.15, 0.2) is 6.61 Å². The van der Waals surface area contributed by atoms with Crippen LogP contribution < -0.4 is 10.1 Å². The molecule has 0 aliphatic carbocycles. The number of benzene rings is 1. The standard InChI is InChI=1S/C8H7NO2.C5H5N/c10-8-5-11-7-4-2-1-3-6(7)9-8;1-2-4-6-5-3-1/h1-4H,5H2,(H,9,10);1-5H. The monoisotopic (exact) mass is 228 g/mol. The lowest BCUT2D eigenvalue weighted by Gasteiger charge is -2.16. The Hall–Kier alpha value is -2.36. The van der Waals surface area contributed by atoms with E-state index in [-0.39, 0.29) is 12.5 Å². The zero-order chi connectivity index (χ0) is 11.9. The van der Waals surface area contributed by atoms with Crippen LogP contribution in [0.1, 0.15) is 0 Å². The van der Waals surface area contributed by atoms with Crippen LogP contribution in [0.2, 0.25) is 0 Å². The predicted octanol–water partition coefficient (Wildman–Crippen LogP) is 2.10. The molecule has 4 heteroatoms. The van der Waals surface area contributed by atoms with Crippen LogP contribution in [0.3, 0.4) is 0 Å². The highest BCUT2D eigenvalue weighted by Crippen LogP contribution is 2.25. The topological polar surface area (TPSA) is 51.2 Å². The number of fused-ring (bicyclic) bond motifs is 1. The molecule has 1 aromatic heterocycles. The summed E-state index contributed by atoms with van der Waals surface area (Å²) in [7, 11) is 0. The zero-order valence-corrected chi connectivity index (χ0v) is 9.17. The highest BCUT2D eigenvalue weighted by Gasteiger charge is 2.13. The maximum absolute atomic E-state index is 10.8. The molecule has 0 bridgehead atoms. The van der Waals surface area contributed by atoms with Gasteiger partial charge >= 0.3 is 0 Å². The van der Waals surface area contributed by atoms with E-state index in [1.54, 1.807) is 12.4 Å². The van der Waals surface area contributed by atoms with Crippen LogP contribution in [0, 0.1) is 0 Å². The Morgan fingerprint density at radius 3 is 2.47 bits per heavy atom. The van der Waals surface area contributed by atoms with Gasteiger partial charge in [0.25, 0.3) is 5.91 Å². The van der Waals surface area contributed by atoms with E-state index in [9.17, 15) is 4.79 Å². The fourth-order valence-electron chi connectivity index (χ4n) is 1.34. The van der Waals surface area contributed by atoms with Gasteiger partial charge < -0.3 is 10.1 Å². The fraction of sp³-hybridized carbons (Fsp3) is 0.0769. The van der Waals surface area contributed by atoms with Gasteiger partial charge in [0.1, 0.15) is 5.75 Å². The van der Waals surface area contributed by atoms with Gasteiger partial charge in [0, 0.05) is 12.4 Å². The molecule has 1 aromatic carbocycles. The van der Waals surface area contributed by atoms with Crippen LogP contribution in [0.25, 0.3) is 0 Å². The summed E-state index contributed by atoms with van der Waals surface area (Å²) in [5.41, 5.74) is 0.753. The third kappa shape index (κ3) is 3.31. The van der Waals surface area contributed by atoms with Crippen molar-refractivity contribution in [2.24, 2.45) is 0 Å². The summed E-state index contributed by atoms with van der Waals surface area (Å²) in [6.45, 7) is 0.122. The maximum Gasteiger partial charge on any atom is 0.262 e. The molecule has 2 heterocycles. The van der Waals surface area contributed by atoms with Gasteiger partial charge in [-0.05, 0) is 24.3 Å². The fourth-order valence-corrected chi connectivity index (χ4v) is 1.34. The van der Waals surface area contributed by atoms with Crippen molar-refractivity contribution in [3.63, 3.8) is 0 Å². The van der Waals surface area contributed by atoms with E-state index in [0.717, 1.165) is 11.4 Å². The van der Waals surface area contributed by atoms with Gasteiger partial charge in [-0.1, -0.05) is 18.2 Å². The molecular weight excluding hydrogens is 216 g/mol. The minimum atomic E-state index is -0.0938. The minimum Gasteiger partial charge on any atom is -0.482 e. The Kier molecular flexibility index (Phi) is 3.70. The third-order valence-corrected chi connectivity index (χ3v) is 2.09. The summed E-state index contributed by atoms with van der Waals surface area (Å²) < 4.78 is 5.12. The molecule has 3 rings (SSSR count). The first-order chi connectivity index (χ1) is 8.36. The molecule has 1 aliphatic rings. The summed E-state index contributed by atoms with van der Waals surface area (Å²) in [5, 5.41) is 2.70. The molecule has 0 unspecified atom stereocenters. The van der Waals surface area contributed by atoms with E-state index in [1.807, 2.05) is 42.5 Å². The first-order valence-electron chi connectivity index (χ1n) is 5.23. The number of hydrogen-bond donors (Lipinski definition) is 1. The van der Waals surface area contributed by atoms with Gasteiger partial charge in [-0.15, -0.1) is 0 Å². The number of nitrogens with one attached hydrogen (secondary N) is 1. The molecule has 1 amide bonds. The van der Waals surface area contributed by atoms with Crippen LogP contribution in [-0.4, -0.2) is 17.5 Å². The third-order valence-electron chi connectivity index (χ3n) is 2.09. The van der Waals surface area contributed by atoms with Crippen LogP contribution >= 0.6 is 0 Å². The van der Waals surface area contributed by atoms with Crippen LogP contribution in [0.5, 0.6) is 5.75 Å². The number of rotatable bonds is 0. The molecule has 17 heavy (non-hydrogen) atoms. The Bertz CT molecular complexity index is 459. The van der Waals surface area contributed by atoms with E-state index in [2.05, 4.69) is 10.3 Å². The smallest absolute Gasteiger partial charge is 0.262 e. The van der Waals surface area contributed by atoms with Crippen LogP contribution in [-0.2, 0) is 4.79 Å². The van der Waals surface area contributed by atoms with Crippen molar-refractivity contribution < 1.29 is 9.53 Å². The second kappa shape index (κ2) is 5.65. The quantitative estimate of drug-likeness (QED) is 0.751. The number of aromatic nitrogens is 1. The number of para-hydroxylation sites is 2. The first kappa shape index (κ1) is 11.1. The lowest BCUT2D eigenvalue weighted by atomic mass is 10.2.